The molecule has 0 aliphatic carbocycles. The summed E-state index contributed by atoms with van der Waals surface area (Å²) >= 11 is 3.44. The number of fused-ring (bicyclic) bond motifs is 1. The maximum Gasteiger partial charge on any atom is 0.180 e. The van der Waals surface area contributed by atoms with Crippen molar-refractivity contribution in [2.75, 3.05) is 0 Å². The number of nitrogens with two attached hydrogens (primary N) is 1. The van der Waals surface area contributed by atoms with E-state index in [1.165, 1.54) is 0 Å². The van der Waals surface area contributed by atoms with Gasteiger partial charge in [0, 0.05) is 4.47 Å². The van der Waals surface area contributed by atoms with E-state index >= 15 is 0 Å². The van der Waals surface area contributed by atoms with Crippen LogP contribution in [0.2, 0.25) is 0 Å². The van der Waals surface area contributed by atoms with Crippen molar-refractivity contribution in [3.8, 4) is 5.75 Å². The monoisotopic (exact) mass is 322 g/mol. The van der Waals surface area contributed by atoms with Gasteiger partial charge in [-0.15, -0.1) is 0 Å². The van der Waals surface area contributed by atoms with Gasteiger partial charge in [0.05, 0.1) is 0 Å². The zero-order chi connectivity index (χ0) is 13.8. The first-order chi connectivity index (χ1) is 9.13. The lowest BCUT2D eigenvalue weighted by Crippen LogP contribution is -2.33. The molecule has 0 spiro atoms. The van der Waals surface area contributed by atoms with Gasteiger partial charge in [-0.3, -0.25) is 0 Å². The average Bonchev–Trinajstić information content (AvgIpc) is 2.44. The van der Waals surface area contributed by atoms with Crippen LogP contribution >= 0.6 is 15.9 Å². The van der Waals surface area contributed by atoms with Gasteiger partial charge < -0.3 is 15.7 Å². The Morgan fingerprint density at radius 1 is 1.32 bits per heavy atom. The van der Waals surface area contributed by atoms with E-state index in [0.29, 0.717) is 12.2 Å². The second-order valence-electron chi connectivity index (χ2n) is 4.19. The molecule has 0 radical (unpaired) electrons. The van der Waals surface area contributed by atoms with Gasteiger partial charge >= 0.3 is 0 Å². The van der Waals surface area contributed by atoms with E-state index in [2.05, 4.69) is 21.1 Å². The Balaban J connectivity index is 2.28. The van der Waals surface area contributed by atoms with Crippen LogP contribution in [0.25, 0.3) is 10.8 Å². The van der Waals surface area contributed by atoms with Crippen LogP contribution in [-0.2, 0) is 0 Å². The summed E-state index contributed by atoms with van der Waals surface area (Å²) in [6, 6.07) is 11.8. The second-order valence-corrected chi connectivity index (χ2v) is 5.11. The third-order valence-electron chi connectivity index (χ3n) is 2.87. The van der Waals surface area contributed by atoms with E-state index in [4.69, 9.17) is 15.7 Å². The van der Waals surface area contributed by atoms with E-state index in [9.17, 15) is 0 Å². The third-order valence-corrected chi connectivity index (χ3v) is 3.36. The minimum Gasteiger partial charge on any atom is -0.482 e. The molecule has 2 aromatic rings. The number of hydrogen-bond donors (Lipinski definition) is 2. The van der Waals surface area contributed by atoms with Crippen molar-refractivity contribution in [2.24, 2.45) is 10.9 Å². The molecule has 0 aliphatic heterocycles. The molecule has 1 unspecified atom stereocenters. The number of amidine groups is 1. The van der Waals surface area contributed by atoms with Crippen molar-refractivity contribution in [3.63, 3.8) is 0 Å². The number of hydrogen-bond acceptors (Lipinski definition) is 3. The van der Waals surface area contributed by atoms with Crippen LogP contribution in [0.3, 0.4) is 0 Å². The van der Waals surface area contributed by atoms with Gasteiger partial charge in [-0.2, -0.15) is 0 Å². The summed E-state index contributed by atoms with van der Waals surface area (Å²) in [5.74, 6) is 0.784. The lowest BCUT2D eigenvalue weighted by Gasteiger charge is -2.16. The predicted molar refractivity (Wildman–Crippen MR) is 79.8 cm³/mol. The summed E-state index contributed by atoms with van der Waals surface area (Å²) < 4.78 is 6.77. The Bertz CT molecular complexity index is 613. The number of rotatable bonds is 4. The molecule has 0 amide bonds. The summed E-state index contributed by atoms with van der Waals surface area (Å²) in [5, 5.41) is 13.9. The molecule has 100 valence electrons. The van der Waals surface area contributed by atoms with Crippen molar-refractivity contribution >= 4 is 32.5 Å². The van der Waals surface area contributed by atoms with E-state index in [0.717, 1.165) is 15.2 Å². The summed E-state index contributed by atoms with van der Waals surface area (Å²) in [5.41, 5.74) is 5.58. The summed E-state index contributed by atoms with van der Waals surface area (Å²) in [7, 11) is 0. The molecule has 1 atom stereocenters. The summed E-state index contributed by atoms with van der Waals surface area (Å²) in [4.78, 5) is 0. The Kier molecular flexibility index (Phi) is 4.27. The van der Waals surface area contributed by atoms with Crippen molar-refractivity contribution in [1.82, 2.24) is 0 Å². The maximum absolute atomic E-state index is 8.69. The molecule has 0 fully saturated rings. The maximum atomic E-state index is 8.69. The summed E-state index contributed by atoms with van der Waals surface area (Å²) in [6.45, 7) is 1.92. The van der Waals surface area contributed by atoms with Gasteiger partial charge in [-0.1, -0.05) is 40.1 Å². The minimum absolute atomic E-state index is 0.0819. The fraction of sp³-hybridized carbons (Fsp3) is 0.214. The molecule has 0 heterocycles. The third kappa shape index (κ3) is 3.17. The highest BCUT2D eigenvalue weighted by molar-refractivity contribution is 9.10. The van der Waals surface area contributed by atoms with Crippen LogP contribution in [0, 0.1) is 0 Å². The highest BCUT2D eigenvalue weighted by Gasteiger charge is 2.13. The van der Waals surface area contributed by atoms with Gasteiger partial charge in [0.25, 0.3) is 0 Å². The van der Waals surface area contributed by atoms with E-state index in [-0.39, 0.29) is 5.84 Å². The molecule has 2 aromatic carbocycles. The lowest BCUT2D eigenvalue weighted by molar-refractivity contribution is 0.247. The highest BCUT2D eigenvalue weighted by atomic mass is 79.9. The average molecular weight is 323 g/mol. The number of nitrogens with zero attached hydrogens (tertiary/aromatic N) is 1. The first kappa shape index (κ1) is 13.7. The standard InChI is InChI=1S/C14H15BrN2O2/c1-2-13(14(16)17-18)19-12-6-4-9-7-11(15)5-3-10(9)8-12/h3-8,13,18H,2H2,1H3,(H2,16,17). The molecule has 0 saturated heterocycles. The normalized spacial score (nSPS) is 13.5. The van der Waals surface area contributed by atoms with Crippen LogP contribution in [0.1, 0.15) is 13.3 Å². The number of oxime groups is 1. The number of ether oxygens (including phenoxy) is 1. The van der Waals surface area contributed by atoms with Crippen LogP contribution in [0.5, 0.6) is 5.75 Å². The molecule has 4 nitrogen and oxygen atoms in total. The molecular weight excluding hydrogens is 308 g/mol. The Hall–Kier alpha value is -1.75. The molecule has 5 heteroatoms. The molecule has 0 aliphatic rings. The molecular formula is C14H15BrN2O2. The van der Waals surface area contributed by atoms with E-state index < -0.39 is 6.10 Å². The Morgan fingerprint density at radius 2 is 2.00 bits per heavy atom. The van der Waals surface area contributed by atoms with Gasteiger partial charge in [-0.25, -0.2) is 0 Å². The second kappa shape index (κ2) is 5.93. The Morgan fingerprint density at radius 3 is 2.68 bits per heavy atom. The van der Waals surface area contributed by atoms with Crippen molar-refractivity contribution in [2.45, 2.75) is 19.4 Å². The van der Waals surface area contributed by atoms with Gasteiger partial charge in [0.15, 0.2) is 11.9 Å². The fourth-order valence-corrected chi connectivity index (χ4v) is 2.23. The van der Waals surface area contributed by atoms with Gasteiger partial charge in [-0.05, 0) is 41.5 Å². The SMILES string of the molecule is CCC(Oc1ccc2cc(Br)ccc2c1)C(N)=NO. The van der Waals surface area contributed by atoms with Crippen molar-refractivity contribution < 1.29 is 9.94 Å². The zero-order valence-electron chi connectivity index (χ0n) is 10.5. The lowest BCUT2D eigenvalue weighted by atomic mass is 10.1. The van der Waals surface area contributed by atoms with E-state index in [1.54, 1.807) is 0 Å². The van der Waals surface area contributed by atoms with Gasteiger partial charge in [0.1, 0.15) is 5.75 Å². The van der Waals surface area contributed by atoms with E-state index in [1.807, 2.05) is 43.3 Å². The molecule has 3 N–H and O–H groups in total. The largest absolute Gasteiger partial charge is 0.482 e. The van der Waals surface area contributed by atoms with Crippen LogP contribution in [0.15, 0.2) is 46.0 Å². The first-order valence-electron chi connectivity index (χ1n) is 5.97. The number of benzene rings is 2. The van der Waals surface area contributed by atoms with Crippen molar-refractivity contribution in [3.05, 3.63) is 40.9 Å². The van der Waals surface area contributed by atoms with Crippen LogP contribution < -0.4 is 10.5 Å². The summed E-state index contributed by atoms with van der Waals surface area (Å²) in [6.07, 6.45) is 0.215. The topological polar surface area (TPSA) is 67.8 Å². The van der Waals surface area contributed by atoms with Crippen LogP contribution in [0.4, 0.5) is 0 Å². The highest BCUT2D eigenvalue weighted by Crippen LogP contribution is 2.25. The predicted octanol–water partition coefficient (Wildman–Crippen LogP) is 3.51. The number of halogens is 1. The molecule has 2 rings (SSSR count). The Labute approximate surface area is 120 Å². The smallest absolute Gasteiger partial charge is 0.180 e. The van der Waals surface area contributed by atoms with Crippen LogP contribution in [-0.4, -0.2) is 17.1 Å². The fourth-order valence-electron chi connectivity index (χ4n) is 1.85. The zero-order valence-corrected chi connectivity index (χ0v) is 12.1. The molecule has 0 saturated carbocycles. The first-order valence-corrected chi connectivity index (χ1v) is 6.76. The quantitative estimate of drug-likeness (QED) is 0.392. The van der Waals surface area contributed by atoms with Gasteiger partial charge in [0.2, 0.25) is 0 Å². The minimum atomic E-state index is -0.419. The molecule has 0 bridgehead atoms. The molecule has 19 heavy (non-hydrogen) atoms. The van der Waals surface area contributed by atoms with Crippen molar-refractivity contribution in [1.29, 1.82) is 0 Å². The molecule has 0 aromatic heterocycles.